The summed E-state index contributed by atoms with van der Waals surface area (Å²) in [5.74, 6) is 1.06. The summed E-state index contributed by atoms with van der Waals surface area (Å²) in [7, 11) is 0. The second kappa shape index (κ2) is 8.83. The normalized spacial score (nSPS) is 15.3. The number of nitrogens with zero attached hydrogens (tertiary/aromatic N) is 1. The lowest BCUT2D eigenvalue weighted by molar-refractivity contribution is -0.131. The molecule has 0 bridgehead atoms. The first-order valence-corrected chi connectivity index (χ1v) is 8.31. The number of benzene rings is 1. The Bertz CT molecular complexity index is 412. The van der Waals surface area contributed by atoms with E-state index in [9.17, 15) is 4.79 Å². The van der Waals surface area contributed by atoms with Gasteiger partial charge in [0.25, 0.3) is 0 Å². The second-order valence-electron chi connectivity index (χ2n) is 6.09. The minimum absolute atomic E-state index is 0.281. The van der Waals surface area contributed by atoms with Crippen molar-refractivity contribution in [2.45, 2.75) is 44.9 Å². The Labute approximate surface area is 128 Å². The van der Waals surface area contributed by atoms with Crippen LogP contribution in [-0.2, 0) is 11.2 Å². The van der Waals surface area contributed by atoms with E-state index in [1.807, 2.05) is 23.1 Å². The quantitative estimate of drug-likeness (QED) is 0.799. The molecule has 1 aromatic carbocycles. The molecule has 3 nitrogen and oxygen atoms in total. The van der Waals surface area contributed by atoms with Crippen molar-refractivity contribution in [2.24, 2.45) is 11.7 Å². The molecule has 1 saturated carbocycles. The summed E-state index contributed by atoms with van der Waals surface area (Å²) in [6.07, 6.45) is 7.99. The van der Waals surface area contributed by atoms with Crippen LogP contribution in [0.3, 0.4) is 0 Å². The van der Waals surface area contributed by atoms with Gasteiger partial charge in [0, 0.05) is 26.1 Å². The van der Waals surface area contributed by atoms with Crippen molar-refractivity contribution in [2.75, 3.05) is 19.6 Å². The molecule has 0 heterocycles. The maximum atomic E-state index is 12.4. The molecular formula is C18H28N2O. The molecule has 0 atom stereocenters. The molecule has 0 unspecified atom stereocenters. The third kappa shape index (κ3) is 5.50. The van der Waals surface area contributed by atoms with Crippen LogP contribution in [0, 0.1) is 5.92 Å². The number of hydrogen-bond donors (Lipinski definition) is 1. The topological polar surface area (TPSA) is 46.3 Å². The molecule has 0 saturated heterocycles. The Kier molecular flexibility index (Phi) is 6.74. The first-order chi connectivity index (χ1) is 10.3. The van der Waals surface area contributed by atoms with Crippen LogP contribution in [-0.4, -0.2) is 30.4 Å². The van der Waals surface area contributed by atoms with E-state index < -0.39 is 0 Å². The standard InChI is InChI=1S/C18H28N2O/c19-13-15-20(14-12-17-6-2-1-3-7-17)18(21)11-10-16-8-4-5-9-16/h1-3,6-7,16H,4-5,8-15,19H2. The van der Waals surface area contributed by atoms with Crippen molar-refractivity contribution in [1.82, 2.24) is 4.90 Å². The molecule has 21 heavy (non-hydrogen) atoms. The molecule has 0 aromatic heterocycles. The third-order valence-corrected chi connectivity index (χ3v) is 4.51. The van der Waals surface area contributed by atoms with Gasteiger partial charge < -0.3 is 10.6 Å². The summed E-state index contributed by atoms with van der Waals surface area (Å²) in [6.45, 7) is 2.00. The van der Waals surface area contributed by atoms with Gasteiger partial charge in [0.15, 0.2) is 0 Å². The van der Waals surface area contributed by atoms with Gasteiger partial charge in [-0.05, 0) is 24.3 Å². The van der Waals surface area contributed by atoms with Crippen LogP contribution in [0.15, 0.2) is 30.3 Å². The SMILES string of the molecule is NCCN(CCc1ccccc1)C(=O)CCC1CCCC1. The van der Waals surface area contributed by atoms with Crippen molar-refractivity contribution in [3.8, 4) is 0 Å². The highest BCUT2D eigenvalue weighted by atomic mass is 16.2. The van der Waals surface area contributed by atoms with Crippen LogP contribution in [0.25, 0.3) is 0 Å². The molecule has 1 fully saturated rings. The van der Waals surface area contributed by atoms with Crippen molar-refractivity contribution in [3.05, 3.63) is 35.9 Å². The maximum Gasteiger partial charge on any atom is 0.222 e. The number of nitrogens with two attached hydrogens (primary N) is 1. The average molecular weight is 288 g/mol. The van der Waals surface area contributed by atoms with E-state index in [2.05, 4.69) is 12.1 Å². The fourth-order valence-electron chi connectivity index (χ4n) is 3.21. The number of amides is 1. The number of rotatable bonds is 8. The van der Waals surface area contributed by atoms with Crippen LogP contribution in [0.5, 0.6) is 0 Å². The molecule has 1 aliphatic rings. The first kappa shape index (κ1) is 16.0. The van der Waals surface area contributed by atoms with E-state index in [0.29, 0.717) is 19.5 Å². The highest BCUT2D eigenvalue weighted by Crippen LogP contribution is 2.28. The van der Waals surface area contributed by atoms with E-state index in [1.54, 1.807) is 0 Å². The van der Waals surface area contributed by atoms with Gasteiger partial charge in [-0.15, -0.1) is 0 Å². The predicted octanol–water partition coefficient (Wildman–Crippen LogP) is 2.99. The van der Waals surface area contributed by atoms with Crippen LogP contribution < -0.4 is 5.73 Å². The Balaban J connectivity index is 1.77. The lowest BCUT2D eigenvalue weighted by Crippen LogP contribution is -2.37. The van der Waals surface area contributed by atoms with Gasteiger partial charge in [-0.25, -0.2) is 0 Å². The molecular weight excluding hydrogens is 260 g/mol. The Morgan fingerprint density at radius 2 is 1.86 bits per heavy atom. The molecule has 1 amide bonds. The van der Waals surface area contributed by atoms with E-state index in [1.165, 1.54) is 31.2 Å². The monoisotopic (exact) mass is 288 g/mol. The average Bonchev–Trinajstić information content (AvgIpc) is 3.03. The highest BCUT2D eigenvalue weighted by molar-refractivity contribution is 5.76. The van der Waals surface area contributed by atoms with Gasteiger partial charge in [0.05, 0.1) is 0 Å². The Morgan fingerprint density at radius 3 is 2.52 bits per heavy atom. The fourth-order valence-corrected chi connectivity index (χ4v) is 3.21. The number of carbonyl (C=O) groups excluding carboxylic acids is 1. The fraction of sp³-hybridized carbons (Fsp3) is 0.611. The summed E-state index contributed by atoms with van der Waals surface area (Å²) in [5.41, 5.74) is 6.94. The van der Waals surface area contributed by atoms with Crippen molar-refractivity contribution < 1.29 is 4.79 Å². The van der Waals surface area contributed by atoms with Crippen LogP contribution in [0.4, 0.5) is 0 Å². The molecule has 0 radical (unpaired) electrons. The zero-order chi connectivity index (χ0) is 14.9. The van der Waals surface area contributed by atoms with E-state index in [4.69, 9.17) is 5.73 Å². The summed E-state index contributed by atoms with van der Waals surface area (Å²) in [6, 6.07) is 10.3. The van der Waals surface area contributed by atoms with Crippen molar-refractivity contribution in [1.29, 1.82) is 0 Å². The maximum absolute atomic E-state index is 12.4. The zero-order valence-corrected chi connectivity index (χ0v) is 13.0. The molecule has 3 heteroatoms. The Morgan fingerprint density at radius 1 is 1.14 bits per heavy atom. The molecule has 2 rings (SSSR count). The second-order valence-corrected chi connectivity index (χ2v) is 6.09. The molecule has 0 aliphatic heterocycles. The predicted molar refractivity (Wildman–Crippen MR) is 87.0 cm³/mol. The van der Waals surface area contributed by atoms with E-state index >= 15 is 0 Å². The van der Waals surface area contributed by atoms with E-state index in [0.717, 1.165) is 25.3 Å². The summed E-state index contributed by atoms with van der Waals surface area (Å²) < 4.78 is 0. The minimum Gasteiger partial charge on any atom is -0.341 e. The summed E-state index contributed by atoms with van der Waals surface area (Å²) in [5, 5.41) is 0. The number of hydrogen-bond acceptors (Lipinski definition) is 2. The van der Waals surface area contributed by atoms with Gasteiger partial charge >= 0.3 is 0 Å². The lowest BCUT2D eigenvalue weighted by atomic mass is 10.0. The molecule has 0 spiro atoms. The van der Waals surface area contributed by atoms with Gasteiger partial charge in [-0.2, -0.15) is 0 Å². The molecule has 2 N–H and O–H groups in total. The van der Waals surface area contributed by atoms with Crippen LogP contribution in [0.2, 0.25) is 0 Å². The highest BCUT2D eigenvalue weighted by Gasteiger charge is 2.18. The molecule has 1 aromatic rings. The smallest absolute Gasteiger partial charge is 0.222 e. The molecule has 116 valence electrons. The first-order valence-electron chi connectivity index (χ1n) is 8.31. The van der Waals surface area contributed by atoms with Crippen LogP contribution in [0.1, 0.15) is 44.1 Å². The van der Waals surface area contributed by atoms with Gasteiger partial charge in [0.2, 0.25) is 5.91 Å². The molecule has 1 aliphatic carbocycles. The summed E-state index contributed by atoms with van der Waals surface area (Å²) >= 11 is 0. The van der Waals surface area contributed by atoms with E-state index in [-0.39, 0.29) is 5.91 Å². The van der Waals surface area contributed by atoms with Crippen molar-refractivity contribution in [3.63, 3.8) is 0 Å². The van der Waals surface area contributed by atoms with Gasteiger partial charge in [0.1, 0.15) is 0 Å². The van der Waals surface area contributed by atoms with Crippen LogP contribution >= 0.6 is 0 Å². The van der Waals surface area contributed by atoms with Crippen molar-refractivity contribution >= 4 is 5.91 Å². The van der Waals surface area contributed by atoms with Gasteiger partial charge in [-0.1, -0.05) is 56.0 Å². The third-order valence-electron chi connectivity index (χ3n) is 4.51. The minimum atomic E-state index is 0.281. The summed E-state index contributed by atoms with van der Waals surface area (Å²) in [4.78, 5) is 14.3. The largest absolute Gasteiger partial charge is 0.341 e. The van der Waals surface area contributed by atoms with Gasteiger partial charge in [-0.3, -0.25) is 4.79 Å². The Hall–Kier alpha value is -1.35. The zero-order valence-electron chi connectivity index (χ0n) is 13.0. The number of carbonyl (C=O) groups is 1. The lowest BCUT2D eigenvalue weighted by Gasteiger charge is -2.23.